The average molecular weight is 626 g/mol. The van der Waals surface area contributed by atoms with Gasteiger partial charge in [0.05, 0.1) is 21.8 Å². The molecule has 0 saturated carbocycles. The lowest BCUT2D eigenvalue weighted by Crippen LogP contribution is -2.52. The third kappa shape index (κ3) is 4.07. The van der Waals surface area contributed by atoms with E-state index in [2.05, 4.69) is 0 Å². The molecule has 0 aromatic heterocycles. The van der Waals surface area contributed by atoms with Gasteiger partial charge < -0.3 is 0 Å². The molecular weight excluding hydrogens is 605 g/mol. The number of hydrazine groups is 1. The first-order valence-corrected chi connectivity index (χ1v) is 14.5. The number of nitrogens with zero attached hydrogens (tertiary/aromatic N) is 3. The SMILES string of the molecule is O=C(CN(C(=O)c1ccccc1[N+](=O)[O-])N1C(=O)[C@@H]2C3c4ccccc4C(c4ccccc43)[C@H]2C1=O)c1ccc(Cl)cc1Cl. The summed E-state index contributed by atoms with van der Waals surface area (Å²) in [4.78, 5) is 67.7. The molecule has 9 nitrogen and oxygen atoms in total. The van der Waals surface area contributed by atoms with Gasteiger partial charge in [-0.1, -0.05) is 83.9 Å². The number of carbonyl (C=O) groups excluding carboxylic acids is 4. The molecule has 2 atom stereocenters. The Morgan fingerprint density at radius 2 is 1.25 bits per heavy atom. The summed E-state index contributed by atoms with van der Waals surface area (Å²) in [7, 11) is 0. The van der Waals surface area contributed by atoms with Crippen molar-refractivity contribution in [3.63, 3.8) is 0 Å². The Morgan fingerprint density at radius 1 is 0.750 bits per heavy atom. The molecule has 0 spiro atoms. The predicted octanol–water partition coefficient (Wildman–Crippen LogP) is 6.03. The fraction of sp³-hybridized carbons (Fsp3) is 0.152. The zero-order valence-corrected chi connectivity index (χ0v) is 24.2. The van der Waals surface area contributed by atoms with E-state index < -0.39 is 64.3 Å². The molecule has 1 aliphatic heterocycles. The van der Waals surface area contributed by atoms with Gasteiger partial charge in [-0.25, -0.2) is 5.01 Å². The Morgan fingerprint density at radius 3 is 1.75 bits per heavy atom. The van der Waals surface area contributed by atoms with Gasteiger partial charge in [-0.2, -0.15) is 5.01 Å². The average Bonchev–Trinajstić information content (AvgIpc) is 3.29. The predicted molar refractivity (Wildman–Crippen MR) is 160 cm³/mol. The summed E-state index contributed by atoms with van der Waals surface area (Å²) in [6, 6.07) is 24.7. The quantitative estimate of drug-likeness (QED) is 0.112. The summed E-state index contributed by atoms with van der Waals surface area (Å²) in [6.07, 6.45) is 0. The maximum Gasteiger partial charge on any atom is 0.282 e. The summed E-state index contributed by atoms with van der Waals surface area (Å²) in [5.74, 6) is -5.63. The fourth-order valence-corrected chi connectivity index (χ4v) is 7.54. The molecule has 3 amide bonds. The van der Waals surface area contributed by atoms with Crippen LogP contribution in [0.3, 0.4) is 0 Å². The van der Waals surface area contributed by atoms with E-state index in [1.165, 1.54) is 36.4 Å². The minimum absolute atomic E-state index is 0.00724. The van der Waals surface area contributed by atoms with E-state index in [0.29, 0.717) is 0 Å². The first kappa shape index (κ1) is 27.9. The Bertz CT molecular complexity index is 1830. The number of hydrogen-bond donors (Lipinski definition) is 0. The van der Waals surface area contributed by atoms with Crippen molar-refractivity contribution in [2.24, 2.45) is 11.8 Å². The molecule has 4 aliphatic rings. The molecule has 11 heteroatoms. The van der Waals surface area contributed by atoms with Crippen LogP contribution in [0.2, 0.25) is 10.0 Å². The van der Waals surface area contributed by atoms with Crippen LogP contribution in [-0.4, -0.2) is 45.0 Å². The van der Waals surface area contributed by atoms with Gasteiger partial charge in [0.2, 0.25) is 0 Å². The number of hydrogen-bond acceptors (Lipinski definition) is 6. The number of Topliss-reactive ketones (excluding diaryl/α,β-unsaturated/α-hetero) is 1. The molecule has 44 heavy (non-hydrogen) atoms. The highest BCUT2D eigenvalue weighted by molar-refractivity contribution is 6.37. The van der Waals surface area contributed by atoms with Crippen LogP contribution >= 0.6 is 23.2 Å². The van der Waals surface area contributed by atoms with Crippen LogP contribution in [-0.2, 0) is 9.59 Å². The second-order valence-corrected chi connectivity index (χ2v) is 11.8. The topological polar surface area (TPSA) is 118 Å². The number of amides is 3. The van der Waals surface area contributed by atoms with Crippen LogP contribution < -0.4 is 0 Å². The van der Waals surface area contributed by atoms with Gasteiger partial charge in [0.1, 0.15) is 12.1 Å². The number of ketones is 1. The molecule has 0 N–H and O–H groups in total. The van der Waals surface area contributed by atoms with Gasteiger partial charge in [-0.05, 0) is 46.5 Å². The number of imide groups is 1. The van der Waals surface area contributed by atoms with Gasteiger partial charge >= 0.3 is 0 Å². The van der Waals surface area contributed by atoms with Crippen LogP contribution in [0.25, 0.3) is 0 Å². The summed E-state index contributed by atoms with van der Waals surface area (Å²) >= 11 is 12.3. The molecule has 0 radical (unpaired) electrons. The van der Waals surface area contributed by atoms with E-state index >= 15 is 0 Å². The lowest BCUT2D eigenvalue weighted by Gasteiger charge is -2.45. The lowest BCUT2D eigenvalue weighted by atomic mass is 9.55. The first-order valence-electron chi connectivity index (χ1n) is 13.8. The number of rotatable bonds is 6. The zero-order chi connectivity index (χ0) is 30.9. The van der Waals surface area contributed by atoms with Crippen molar-refractivity contribution < 1.29 is 24.1 Å². The largest absolute Gasteiger partial charge is 0.292 e. The maximum absolute atomic E-state index is 14.4. The Balaban J connectivity index is 1.36. The minimum atomic E-state index is -1.04. The third-order valence-corrected chi connectivity index (χ3v) is 9.30. The first-order chi connectivity index (χ1) is 21.2. The second-order valence-electron chi connectivity index (χ2n) is 10.9. The van der Waals surface area contributed by atoms with Crippen molar-refractivity contribution in [2.45, 2.75) is 11.8 Å². The Kier molecular flexibility index (Phi) is 6.60. The number of halogens is 2. The van der Waals surface area contributed by atoms with Crippen molar-refractivity contribution in [3.8, 4) is 0 Å². The van der Waals surface area contributed by atoms with Crippen LogP contribution in [0.1, 0.15) is 54.8 Å². The van der Waals surface area contributed by atoms with Gasteiger partial charge in [0.25, 0.3) is 23.4 Å². The summed E-state index contributed by atoms with van der Waals surface area (Å²) < 4.78 is 0. The molecule has 218 valence electrons. The van der Waals surface area contributed by atoms with E-state index in [-0.39, 0.29) is 21.2 Å². The third-order valence-electron chi connectivity index (χ3n) is 8.76. The number of nitro benzene ring substituents is 1. The van der Waals surface area contributed by atoms with Crippen molar-refractivity contribution >= 4 is 52.4 Å². The Labute approximate surface area is 260 Å². The normalized spacial score (nSPS) is 21.0. The van der Waals surface area contributed by atoms with Gasteiger partial charge in [0.15, 0.2) is 5.78 Å². The van der Waals surface area contributed by atoms with E-state index in [9.17, 15) is 29.3 Å². The molecule has 1 heterocycles. The number of nitro groups is 1. The molecule has 3 aliphatic carbocycles. The highest BCUT2D eigenvalue weighted by atomic mass is 35.5. The van der Waals surface area contributed by atoms with E-state index in [1.807, 2.05) is 48.5 Å². The monoisotopic (exact) mass is 625 g/mol. The van der Waals surface area contributed by atoms with Crippen LogP contribution in [0.5, 0.6) is 0 Å². The molecular formula is C33H21Cl2N3O6. The van der Waals surface area contributed by atoms with E-state index in [0.717, 1.165) is 38.3 Å². The van der Waals surface area contributed by atoms with Crippen molar-refractivity contribution in [1.82, 2.24) is 10.0 Å². The Hall–Kier alpha value is -4.86. The minimum Gasteiger partial charge on any atom is -0.292 e. The van der Waals surface area contributed by atoms with E-state index in [1.54, 1.807) is 0 Å². The molecule has 4 aromatic carbocycles. The van der Waals surface area contributed by atoms with Crippen molar-refractivity contribution in [2.75, 3.05) is 6.54 Å². The molecule has 0 unspecified atom stereocenters. The summed E-state index contributed by atoms with van der Waals surface area (Å²) in [5.41, 5.74) is 2.82. The lowest BCUT2D eigenvalue weighted by molar-refractivity contribution is -0.385. The molecule has 4 aromatic rings. The van der Waals surface area contributed by atoms with E-state index in [4.69, 9.17) is 23.2 Å². The van der Waals surface area contributed by atoms with Crippen LogP contribution in [0.15, 0.2) is 91.0 Å². The maximum atomic E-state index is 14.4. The zero-order valence-electron chi connectivity index (χ0n) is 22.7. The van der Waals surface area contributed by atoms with Crippen LogP contribution in [0, 0.1) is 22.0 Å². The van der Waals surface area contributed by atoms with Gasteiger partial charge in [-0.15, -0.1) is 0 Å². The highest BCUT2D eigenvalue weighted by Crippen LogP contribution is 2.61. The number of benzene rings is 4. The molecule has 1 saturated heterocycles. The molecule has 1 fully saturated rings. The van der Waals surface area contributed by atoms with Crippen molar-refractivity contribution in [1.29, 1.82) is 0 Å². The summed E-state index contributed by atoms with van der Waals surface area (Å²) in [6.45, 7) is -0.779. The van der Waals surface area contributed by atoms with Crippen molar-refractivity contribution in [3.05, 3.63) is 145 Å². The molecule has 8 rings (SSSR count). The second kappa shape index (κ2) is 10.4. The number of para-hydroxylation sites is 1. The number of carbonyl (C=O) groups is 4. The summed E-state index contributed by atoms with van der Waals surface area (Å²) in [5, 5.41) is 13.6. The standard InChI is InChI=1S/C33H21Cl2N3O6/c34-17-13-14-22(24(35)15-17)26(39)16-36(31(40)23-11-5-6-12-25(23)38(43)44)37-32(41)29-27-18-7-1-2-8-19(18)28(30(29)33(37)42)21-10-4-3-9-20(21)27/h1-15,27-30H,16H2/t27?,28?,29-,30-/m1/s1. The van der Waals surface area contributed by atoms with Gasteiger partial charge in [0, 0.05) is 28.5 Å². The molecule has 2 bridgehead atoms. The van der Waals surface area contributed by atoms with Crippen LogP contribution in [0.4, 0.5) is 5.69 Å². The van der Waals surface area contributed by atoms with Gasteiger partial charge in [-0.3, -0.25) is 29.3 Å². The highest BCUT2D eigenvalue weighted by Gasteiger charge is 2.63. The smallest absolute Gasteiger partial charge is 0.282 e. The fourth-order valence-electron chi connectivity index (χ4n) is 7.02.